The number of fused-ring (bicyclic) bond motifs is 1. The van der Waals surface area contributed by atoms with Crippen LogP contribution in [0.4, 0.5) is 5.13 Å². The summed E-state index contributed by atoms with van der Waals surface area (Å²) in [6, 6.07) is 8.56. The van der Waals surface area contributed by atoms with Gasteiger partial charge in [0.25, 0.3) is 0 Å². The van der Waals surface area contributed by atoms with Gasteiger partial charge in [0, 0.05) is 29.0 Å². The number of nitrogens with zero attached hydrogens (tertiary/aromatic N) is 2. The second-order valence-electron chi connectivity index (χ2n) is 5.29. The summed E-state index contributed by atoms with van der Waals surface area (Å²) in [5.41, 5.74) is 8.56. The van der Waals surface area contributed by atoms with Crippen molar-refractivity contribution in [3.63, 3.8) is 0 Å². The summed E-state index contributed by atoms with van der Waals surface area (Å²) < 4.78 is 1.11. The van der Waals surface area contributed by atoms with Crippen molar-refractivity contribution in [2.75, 3.05) is 11.9 Å². The van der Waals surface area contributed by atoms with E-state index in [1.807, 2.05) is 0 Å². The minimum absolute atomic E-state index is 0.129. The standard InChI is InChI=1S/C15H18BrN3S/c1-19(9-10-5-7-11(16)8-6-10)15-18-14-12(17)3-2-4-13(14)20-15/h5-8,12H,2-4,9,17H2,1H3. The summed E-state index contributed by atoms with van der Waals surface area (Å²) in [6.07, 6.45) is 3.38. The maximum absolute atomic E-state index is 6.15. The predicted molar refractivity (Wildman–Crippen MR) is 88.2 cm³/mol. The second kappa shape index (κ2) is 5.84. The van der Waals surface area contributed by atoms with Gasteiger partial charge in [-0.15, -0.1) is 11.3 Å². The van der Waals surface area contributed by atoms with Gasteiger partial charge in [-0.05, 0) is 37.0 Å². The monoisotopic (exact) mass is 351 g/mol. The average Bonchev–Trinajstić information content (AvgIpc) is 2.87. The van der Waals surface area contributed by atoms with Crippen molar-refractivity contribution < 1.29 is 0 Å². The van der Waals surface area contributed by atoms with E-state index in [0.717, 1.165) is 34.7 Å². The molecule has 0 amide bonds. The fourth-order valence-electron chi connectivity index (χ4n) is 2.53. The van der Waals surface area contributed by atoms with Crippen LogP contribution < -0.4 is 10.6 Å². The summed E-state index contributed by atoms with van der Waals surface area (Å²) in [5, 5.41) is 1.08. The highest BCUT2D eigenvalue weighted by Gasteiger charge is 2.22. The van der Waals surface area contributed by atoms with E-state index in [9.17, 15) is 0 Å². The molecule has 0 spiro atoms. The van der Waals surface area contributed by atoms with Crippen molar-refractivity contribution in [3.05, 3.63) is 44.9 Å². The molecule has 1 unspecified atom stereocenters. The lowest BCUT2D eigenvalue weighted by atomic mass is 9.99. The lowest BCUT2D eigenvalue weighted by molar-refractivity contribution is 0.563. The third-order valence-electron chi connectivity index (χ3n) is 3.65. The zero-order valence-corrected chi connectivity index (χ0v) is 13.9. The number of rotatable bonds is 3. The molecule has 0 saturated carbocycles. The Kier molecular flexibility index (Phi) is 4.10. The molecule has 1 aromatic carbocycles. The molecule has 3 rings (SSSR count). The van der Waals surface area contributed by atoms with Crippen LogP contribution >= 0.6 is 27.3 Å². The Morgan fingerprint density at radius 1 is 1.40 bits per heavy atom. The number of aromatic nitrogens is 1. The van der Waals surface area contributed by atoms with E-state index in [-0.39, 0.29) is 6.04 Å². The number of benzene rings is 1. The molecule has 106 valence electrons. The molecular formula is C15H18BrN3S. The fraction of sp³-hybridized carbons (Fsp3) is 0.400. The predicted octanol–water partition coefficient (Wildman–Crippen LogP) is 3.88. The number of anilines is 1. The molecule has 1 aromatic heterocycles. The van der Waals surface area contributed by atoms with E-state index in [1.54, 1.807) is 11.3 Å². The van der Waals surface area contributed by atoms with Gasteiger partial charge in [0.05, 0.1) is 5.69 Å². The molecule has 1 heterocycles. The zero-order valence-electron chi connectivity index (χ0n) is 11.5. The molecule has 1 aliphatic rings. The molecule has 2 aromatic rings. The van der Waals surface area contributed by atoms with E-state index in [0.29, 0.717) is 0 Å². The third kappa shape index (κ3) is 2.90. The first kappa shape index (κ1) is 14.0. The number of hydrogen-bond acceptors (Lipinski definition) is 4. The average molecular weight is 352 g/mol. The summed E-state index contributed by atoms with van der Waals surface area (Å²) in [7, 11) is 2.10. The molecule has 2 N–H and O–H groups in total. The van der Waals surface area contributed by atoms with Gasteiger partial charge >= 0.3 is 0 Å². The minimum Gasteiger partial charge on any atom is -0.347 e. The van der Waals surface area contributed by atoms with Crippen LogP contribution in [0, 0.1) is 0 Å². The second-order valence-corrected chi connectivity index (χ2v) is 7.26. The van der Waals surface area contributed by atoms with Gasteiger partial charge in [0.15, 0.2) is 5.13 Å². The largest absolute Gasteiger partial charge is 0.347 e. The van der Waals surface area contributed by atoms with Crippen molar-refractivity contribution in [2.45, 2.75) is 31.8 Å². The van der Waals surface area contributed by atoms with Gasteiger partial charge in [-0.1, -0.05) is 28.1 Å². The van der Waals surface area contributed by atoms with Crippen molar-refractivity contribution in [3.8, 4) is 0 Å². The smallest absolute Gasteiger partial charge is 0.185 e. The zero-order chi connectivity index (χ0) is 14.1. The van der Waals surface area contributed by atoms with E-state index in [2.05, 4.69) is 52.1 Å². The van der Waals surface area contributed by atoms with Crippen LogP contribution in [0.5, 0.6) is 0 Å². The summed E-state index contributed by atoms with van der Waals surface area (Å²) in [6.45, 7) is 0.870. The van der Waals surface area contributed by atoms with Crippen molar-refractivity contribution >= 4 is 32.4 Å². The van der Waals surface area contributed by atoms with Gasteiger partial charge in [-0.25, -0.2) is 4.98 Å². The number of nitrogens with two attached hydrogens (primary N) is 1. The van der Waals surface area contributed by atoms with Crippen molar-refractivity contribution in [1.29, 1.82) is 0 Å². The number of aryl methyl sites for hydroxylation is 1. The van der Waals surface area contributed by atoms with Crippen molar-refractivity contribution in [1.82, 2.24) is 4.98 Å². The van der Waals surface area contributed by atoms with Gasteiger partial charge in [-0.2, -0.15) is 0 Å². The first-order valence-electron chi connectivity index (χ1n) is 6.84. The Bertz CT molecular complexity index is 594. The summed E-state index contributed by atoms with van der Waals surface area (Å²) in [5.74, 6) is 0. The summed E-state index contributed by atoms with van der Waals surface area (Å²) >= 11 is 5.26. The van der Waals surface area contributed by atoms with Gasteiger partial charge in [-0.3, -0.25) is 0 Å². The lowest BCUT2D eigenvalue weighted by Gasteiger charge is -2.16. The van der Waals surface area contributed by atoms with Gasteiger partial charge in [0.1, 0.15) is 0 Å². The number of halogens is 1. The van der Waals surface area contributed by atoms with E-state index in [1.165, 1.54) is 16.9 Å². The molecule has 1 atom stereocenters. The third-order valence-corrected chi connectivity index (χ3v) is 5.42. The summed E-state index contributed by atoms with van der Waals surface area (Å²) in [4.78, 5) is 8.34. The van der Waals surface area contributed by atoms with Crippen LogP contribution in [0.15, 0.2) is 28.7 Å². The van der Waals surface area contributed by atoms with Crippen LogP contribution in [-0.4, -0.2) is 12.0 Å². The van der Waals surface area contributed by atoms with Crippen LogP contribution in [0.25, 0.3) is 0 Å². The molecule has 0 radical (unpaired) electrons. The number of hydrogen-bond donors (Lipinski definition) is 1. The molecule has 0 saturated heterocycles. The van der Waals surface area contributed by atoms with Crippen molar-refractivity contribution in [2.24, 2.45) is 5.73 Å². The molecule has 20 heavy (non-hydrogen) atoms. The van der Waals surface area contributed by atoms with Gasteiger partial charge < -0.3 is 10.6 Å². The van der Waals surface area contributed by atoms with E-state index < -0.39 is 0 Å². The van der Waals surface area contributed by atoms with E-state index >= 15 is 0 Å². The first-order chi connectivity index (χ1) is 9.63. The van der Waals surface area contributed by atoms with Gasteiger partial charge in [0.2, 0.25) is 0 Å². The Hall–Kier alpha value is -0.910. The Labute approximate surface area is 131 Å². The highest BCUT2D eigenvalue weighted by Crippen LogP contribution is 2.35. The first-order valence-corrected chi connectivity index (χ1v) is 8.45. The van der Waals surface area contributed by atoms with Crippen LogP contribution in [0.1, 0.15) is 35.0 Å². The van der Waals surface area contributed by atoms with Crippen LogP contribution in [0.3, 0.4) is 0 Å². The molecule has 0 bridgehead atoms. The highest BCUT2D eigenvalue weighted by molar-refractivity contribution is 9.10. The molecule has 0 aliphatic heterocycles. The lowest BCUT2D eigenvalue weighted by Crippen LogP contribution is -2.18. The topological polar surface area (TPSA) is 42.2 Å². The quantitative estimate of drug-likeness (QED) is 0.912. The van der Waals surface area contributed by atoms with Crippen LogP contribution in [-0.2, 0) is 13.0 Å². The SMILES string of the molecule is CN(Cc1ccc(Br)cc1)c1nc2c(s1)CCCC2N. The molecule has 3 nitrogen and oxygen atoms in total. The maximum Gasteiger partial charge on any atom is 0.185 e. The molecular weight excluding hydrogens is 334 g/mol. The Morgan fingerprint density at radius 2 is 2.15 bits per heavy atom. The van der Waals surface area contributed by atoms with E-state index in [4.69, 9.17) is 10.7 Å². The fourth-order valence-corrected chi connectivity index (χ4v) is 3.93. The molecule has 0 fully saturated rings. The Balaban J connectivity index is 1.77. The maximum atomic E-state index is 6.15. The molecule has 1 aliphatic carbocycles. The normalized spacial score (nSPS) is 17.9. The molecule has 5 heteroatoms. The minimum atomic E-state index is 0.129. The number of thiazole rings is 1. The Morgan fingerprint density at radius 3 is 2.85 bits per heavy atom. The van der Waals surface area contributed by atoms with Crippen LogP contribution in [0.2, 0.25) is 0 Å². The highest BCUT2D eigenvalue weighted by atomic mass is 79.9.